The van der Waals surface area contributed by atoms with E-state index in [1.54, 1.807) is 19.2 Å². The molecule has 0 spiro atoms. The van der Waals surface area contributed by atoms with Crippen molar-refractivity contribution < 1.29 is 14.3 Å². The van der Waals surface area contributed by atoms with Crippen LogP contribution < -0.4 is 15.2 Å². The van der Waals surface area contributed by atoms with Crippen LogP contribution in [0.5, 0.6) is 11.5 Å². The number of nitrogens with zero attached hydrogens (tertiary/aromatic N) is 2. The number of hydrogen-bond donors (Lipinski definition) is 1. The van der Waals surface area contributed by atoms with Crippen LogP contribution in [-0.2, 0) is 0 Å². The molecule has 6 nitrogen and oxygen atoms in total. The molecule has 25 heavy (non-hydrogen) atoms. The van der Waals surface area contributed by atoms with E-state index in [0.717, 1.165) is 26.1 Å². The molecule has 1 aliphatic heterocycles. The van der Waals surface area contributed by atoms with Gasteiger partial charge in [0.2, 0.25) is 0 Å². The lowest BCUT2D eigenvalue weighted by atomic mass is 10.1. The Morgan fingerprint density at radius 3 is 2.72 bits per heavy atom. The summed E-state index contributed by atoms with van der Waals surface area (Å²) in [6.07, 6.45) is 0.754. The number of methoxy groups -OCH3 is 1. The third kappa shape index (κ3) is 4.86. The molecule has 0 saturated carbocycles. The average molecular weight is 349 g/mol. The van der Waals surface area contributed by atoms with Crippen molar-refractivity contribution in [2.75, 3.05) is 39.9 Å². The quantitative estimate of drug-likeness (QED) is 0.763. The topological polar surface area (TPSA) is 68.0 Å². The number of amides is 1. The Bertz CT molecular complexity index is 577. The third-order valence-corrected chi connectivity index (χ3v) is 4.65. The lowest BCUT2D eigenvalue weighted by molar-refractivity contribution is 0.0423. The second-order valence-corrected chi connectivity index (χ2v) is 6.78. The minimum Gasteiger partial charge on any atom is -0.497 e. The molecule has 1 aliphatic rings. The Morgan fingerprint density at radius 2 is 2.12 bits per heavy atom. The van der Waals surface area contributed by atoms with E-state index in [9.17, 15) is 4.79 Å². The van der Waals surface area contributed by atoms with Gasteiger partial charge in [0.1, 0.15) is 11.5 Å². The molecule has 1 aromatic rings. The van der Waals surface area contributed by atoms with Crippen LogP contribution in [0.4, 0.5) is 0 Å². The van der Waals surface area contributed by atoms with Gasteiger partial charge in [0.05, 0.1) is 19.3 Å². The minimum absolute atomic E-state index is 0.00287. The predicted octanol–water partition coefficient (Wildman–Crippen LogP) is 1.98. The highest BCUT2D eigenvalue weighted by Gasteiger charge is 2.30. The van der Waals surface area contributed by atoms with Crippen LogP contribution in [0.3, 0.4) is 0 Å². The summed E-state index contributed by atoms with van der Waals surface area (Å²) in [5.41, 5.74) is 6.08. The van der Waals surface area contributed by atoms with Crippen molar-refractivity contribution in [2.24, 2.45) is 5.73 Å². The standard InChI is InChI=1S/C19H31N3O3/c1-14(2)22-10-9-21(13-15(22)3)19(23)17-12-16(24-4)6-7-18(17)25-11-5-8-20/h6-7,12,14-15H,5,8-11,13,20H2,1-4H3. The Morgan fingerprint density at radius 1 is 1.36 bits per heavy atom. The smallest absolute Gasteiger partial charge is 0.257 e. The maximum Gasteiger partial charge on any atom is 0.257 e. The van der Waals surface area contributed by atoms with Crippen LogP contribution in [0.15, 0.2) is 18.2 Å². The molecule has 1 atom stereocenters. The van der Waals surface area contributed by atoms with Gasteiger partial charge in [-0.3, -0.25) is 9.69 Å². The number of rotatable bonds is 7. The Hall–Kier alpha value is -1.79. The maximum absolute atomic E-state index is 13.1. The molecule has 0 radical (unpaired) electrons. The molecule has 2 N–H and O–H groups in total. The molecule has 1 aromatic carbocycles. The summed E-state index contributed by atoms with van der Waals surface area (Å²) in [5, 5.41) is 0. The van der Waals surface area contributed by atoms with Crippen molar-refractivity contribution in [3.63, 3.8) is 0 Å². The lowest BCUT2D eigenvalue weighted by Gasteiger charge is -2.42. The molecule has 1 unspecified atom stereocenters. The second kappa shape index (κ2) is 9.06. The average Bonchev–Trinajstić information content (AvgIpc) is 2.61. The fraction of sp³-hybridized carbons (Fsp3) is 0.632. The Kier molecular flexibility index (Phi) is 7.08. The fourth-order valence-electron chi connectivity index (χ4n) is 3.29. The highest BCUT2D eigenvalue weighted by molar-refractivity contribution is 5.97. The van der Waals surface area contributed by atoms with Crippen molar-refractivity contribution in [1.82, 2.24) is 9.80 Å². The zero-order valence-corrected chi connectivity index (χ0v) is 15.8. The van der Waals surface area contributed by atoms with Gasteiger partial charge in [0, 0.05) is 31.7 Å². The number of benzene rings is 1. The van der Waals surface area contributed by atoms with Crippen LogP contribution in [-0.4, -0.2) is 67.7 Å². The van der Waals surface area contributed by atoms with Gasteiger partial charge in [-0.25, -0.2) is 0 Å². The SMILES string of the molecule is COc1ccc(OCCCN)c(C(=O)N2CCN(C(C)C)C(C)C2)c1. The molecular weight excluding hydrogens is 318 g/mol. The van der Waals surface area contributed by atoms with E-state index in [1.165, 1.54) is 0 Å². The molecule has 6 heteroatoms. The highest BCUT2D eigenvalue weighted by Crippen LogP contribution is 2.27. The van der Waals surface area contributed by atoms with Crippen LogP contribution in [0, 0.1) is 0 Å². The summed E-state index contributed by atoms with van der Waals surface area (Å²) < 4.78 is 11.1. The van der Waals surface area contributed by atoms with Gasteiger partial charge >= 0.3 is 0 Å². The summed E-state index contributed by atoms with van der Waals surface area (Å²) in [6.45, 7) is 9.95. The first-order chi connectivity index (χ1) is 12.0. The summed E-state index contributed by atoms with van der Waals surface area (Å²) in [6, 6.07) is 6.20. The summed E-state index contributed by atoms with van der Waals surface area (Å²) >= 11 is 0. The molecule has 140 valence electrons. The first-order valence-electron chi connectivity index (χ1n) is 9.03. The molecule has 0 aromatic heterocycles. The molecule has 1 amide bonds. The molecule has 2 rings (SSSR count). The van der Waals surface area contributed by atoms with E-state index < -0.39 is 0 Å². The summed E-state index contributed by atoms with van der Waals surface area (Å²) in [7, 11) is 1.60. The van der Waals surface area contributed by atoms with Gasteiger partial charge in [0.15, 0.2) is 0 Å². The fourth-order valence-corrected chi connectivity index (χ4v) is 3.29. The van der Waals surface area contributed by atoms with E-state index in [4.69, 9.17) is 15.2 Å². The number of carbonyl (C=O) groups excluding carboxylic acids is 1. The van der Waals surface area contributed by atoms with Gasteiger partial charge in [-0.2, -0.15) is 0 Å². The Balaban J connectivity index is 2.16. The van der Waals surface area contributed by atoms with E-state index in [-0.39, 0.29) is 5.91 Å². The van der Waals surface area contributed by atoms with Crippen LogP contribution in [0.2, 0.25) is 0 Å². The monoisotopic (exact) mass is 349 g/mol. The molecule has 0 bridgehead atoms. The zero-order valence-electron chi connectivity index (χ0n) is 15.8. The predicted molar refractivity (Wildman–Crippen MR) is 99.4 cm³/mol. The molecule has 1 heterocycles. The number of piperazine rings is 1. The number of hydrogen-bond acceptors (Lipinski definition) is 5. The molecular formula is C19H31N3O3. The van der Waals surface area contributed by atoms with Crippen LogP contribution in [0.25, 0.3) is 0 Å². The van der Waals surface area contributed by atoms with Crippen molar-refractivity contribution in [2.45, 2.75) is 39.3 Å². The van der Waals surface area contributed by atoms with Gasteiger partial charge in [-0.15, -0.1) is 0 Å². The van der Waals surface area contributed by atoms with E-state index in [2.05, 4.69) is 25.7 Å². The van der Waals surface area contributed by atoms with Gasteiger partial charge in [-0.1, -0.05) is 0 Å². The zero-order chi connectivity index (χ0) is 18.4. The maximum atomic E-state index is 13.1. The van der Waals surface area contributed by atoms with E-state index >= 15 is 0 Å². The summed E-state index contributed by atoms with van der Waals surface area (Å²) in [4.78, 5) is 17.4. The van der Waals surface area contributed by atoms with Crippen molar-refractivity contribution in [1.29, 1.82) is 0 Å². The minimum atomic E-state index is -0.00287. The number of nitrogens with two attached hydrogens (primary N) is 1. The number of carbonyl (C=O) groups is 1. The van der Waals surface area contributed by atoms with Crippen molar-refractivity contribution in [3.05, 3.63) is 23.8 Å². The molecule has 1 fully saturated rings. The molecule has 1 saturated heterocycles. The van der Waals surface area contributed by atoms with Crippen LogP contribution >= 0.6 is 0 Å². The third-order valence-electron chi connectivity index (χ3n) is 4.65. The van der Waals surface area contributed by atoms with E-state index in [1.807, 2.05) is 11.0 Å². The largest absolute Gasteiger partial charge is 0.497 e. The van der Waals surface area contributed by atoms with Crippen molar-refractivity contribution in [3.8, 4) is 11.5 Å². The van der Waals surface area contributed by atoms with Gasteiger partial charge in [-0.05, 0) is 51.9 Å². The van der Waals surface area contributed by atoms with Crippen molar-refractivity contribution >= 4 is 5.91 Å². The molecule has 0 aliphatic carbocycles. The van der Waals surface area contributed by atoms with Gasteiger partial charge in [0.25, 0.3) is 5.91 Å². The first kappa shape index (κ1) is 19.5. The normalized spacial score (nSPS) is 18.5. The number of ether oxygens (including phenoxy) is 2. The lowest BCUT2D eigenvalue weighted by Crippen LogP contribution is -2.55. The second-order valence-electron chi connectivity index (χ2n) is 6.78. The first-order valence-corrected chi connectivity index (χ1v) is 9.03. The van der Waals surface area contributed by atoms with E-state index in [0.29, 0.717) is 42.3 Å². The highest BCUT2D eigenvalue weighted by atomic mass is 16.5. The van der Waals surface area contributed by atoms with Crippen LogP contribution in [0.1, 0.15) is 37.6 Å². The van der Waals surface area contributed by atoms with Gasteiger partial charge < -0.3 is 20.1 Å². The summed E-state index contributed by atoms with van der Waals surface area (Å²) in [5.74, 6) is 1.25. The Labute approximate surface area is 150 Å².